The van der Waals surface area contributed by atoms with Crippen molar-refractivity contribution in [3.63, 3.8) is 0 Å². The van der Waals surface area contributed by atoms with Crippen molar-refractivity contribution >= 4 is 0 Å². The highest BCUT2D eigenvalue weighted by atomic mass is 14.2. The Morgan fingerprint density at radius 1 is 0.944 bits per heavy atom. The van der Waals surface area contributed by atoms with Crippen LogP contribution in [0.15, 0.2) is 42.5 Å². The van der Waals surface area contributed by atoms with Crippen LogP contribution in [0, 0.1) is 13.8 Å². The topological polar surface area (TPSA) is 0 Å². The molecule has 0 heteroatoms. The van der Waals surface area contributed by atoms with E-state index in [2.05, 4.69) is 70.2 Å². The van der Waals surface area contributed by atoms with Gasteiger partial charge < -0.3 is 0 Å². The Hall–Kier alpha value is -1.56. The highest BCUT2D eigenvalue weighted by molar-refractivity contribution is 5.71. The fourth-order valence-electron chi connectivity index (χ4n) is 2.43. The minimum atomic E-state index is 0.611. The largest absolute Gasteiger partial charge is 0.0648 e. The standard InChI is InChI=1S/C18H22/c1-5-14(3)17-11-10-13(2)12-18(17)16-9-7-6-8-15(16)4/h6-12,14H,5H2,1-4H3. The molecular formula is C18H22. The number of rotatable bonds is 3. The summed E-state index contributed by atoms with van der Waals surface area (Å²) in [6.45, 7) is 8.93. The molecule has 0 saturated heterocycles. The monoisotopic (exact) mass is 238 g/mol. The van der Waals surface area contributed by atoms with Crippen LogP contribution in [0.5, 0.6) is 0 Å². The van der Waals surface area contributed by atoms with E-state index in [1.54, 1.807) is 0 Å². The molecule has 0 saturated carbocycles. The second-order valence-corrected chi connectivity index (χ2v) is 5.21. The zero-order valence-corrected chi connectivity index (χ0v) is 11.8. The molecule has 0 radical (unpaired) electrons. The maximum atomic E-state index is 2.32. The molecule has 0 aliphatic rings. The zero-order valence-electron chi connectivity index (χ0n) is 11.8. The molecule has 1 unspecified atom stereocenters. The van der Waals surface area contributed by atoms with E-state index < -0.39 is 0 Å². The second-order valence-electron chi connectivity index (χ2n) is 5.21. The second kappa shape index (κ2) is 5.39. The van der Waals surface area contributed by atoms with E-state index in [0.29, 0.717) is 5.92 Å². The Bertz CT molecular complexity index is 537. The molecule has 0 bridgehead atoms. The average Bonchev–Trinajstić information content (AvgIpc) is 2.38. The highest BCUT2D eigenvalue weighted by Gasteiger charge is 2.12. The summed E-state index contributed by atoms with van der Waals surface area (Å²) < 4.78 is 0. The minimum absolute atomic E-state index is 0.611. The summed E-state index contributed by atoms with van der Waals surface area (Å²) in [7, 11) is 0. The summed E-state index contributed by atoms with van der Waals surface area (Å²) in [5.74, 6) is 0.611. The van der Waals surface area contributed by atoms with Crippen molar-refractivity contribution in [1.29, 1.82) is 0 Å². The van der Waals surface area contributed by atoms with E-state index in [9.17, 15) is 0 Å². The van der Waals surface area contributed by atoms with E-state index in [1.807, 2.05) is 0 Å². The fraction of sp³-hybridized carbons (Fsp3) is 0.333. The predicted octanol–water partition coefficient (Wildman–Crippen LogP) is 5.48. The van der Waals surface area contributed by atoms with Crippen molar-refractivity contribution in [2.45, 2.75) is 40.0 Å². The molecular weight excluding hydrogens is 216 g/mol. The van der Waals surface area contributed by atoms with E-state index in [-0.39, 0.29) is 0 Å². The van der Waals surface area contributed by atoms with Crippen LogP contribution in [-0.2, 0) is 0 Å². The quantitative estimate of drug-likeness (QED) is 0.663. The van der Waals surface area contributed by atoms with Gasteiger partial charge in [-0.05, 0) is 48.4 Å². The Balaban J connectivity index is 2.62. The van der Waals surface area contributed by atoms with Crippen molar-refractivity contribution in [1.82, 2.24) is 0 Å². The maximum Gasteiger partial charge on any atom is -0.0144 e. The molecule has 2 aromatic carbocycles. The Labute approximate surface area is 111 Å². The first-order valence-electron chi connectivity index (χ1n) is 6.80. The highest BCUT2D eigenvalue weighted by Crippen LogP contribution is 2.33. The predicted molar refractivity (Wildman–Crippen MR) is 80.1 cm³/mol. The summed E-state index contributed by atoms with van der Waals surface area (Å²) in [6.07, 6.45) is 1.18. The molecule has 1 atom stereocenters. The van der Waals surface area contributed by atoms with Crippen LogP contribution in [0.4, 0.5) is 0 Å². The molecule has 18 heavy (non-hydrogen) atoms. The molecule has 0 fully saturated rings. The number of hydrogen-bond donors (Lipinski definition) is 0. The first-order chi connectivity index (χ1) is 8.63. The van der Waals surface area contributed by atoms with Gasteiger partial charge in [0.25, 0.3) is 0 Å². The summed E-state index contributed by atoms with van der Waals surface area (Å²) in [6, 6.07) is 15.5. The van der Waals surface area contributed by atoms with Gasteiger partial charge in [-0.25, -0.2) is 0 Å². The van der Waals surface area contributed by atoms with Gasteiger partial charge in [-0.15, -0.1) is 0 Å². The third kappa shape index (κ3) is 2.48. The van der Waals surface area contributed by atoms with Crippen LogP contribution >= 0.6 is 0 Å². The maximum absolute atomic E-state index is 2.32. The third-order valence-corrected chi connectivity index (χ3v) is 3.79. The van der Waals surface area contributed by atoms with Crippen molar-refractivity contribution < 1.29 is 0 Å². The fourth-order valence-corrected chi connectivity index (χ4v) is 2.43. The van der Waals surface area contributed by atoms with Gasteiger partial charge in [-0.3, -0.25) is 0 Å². The molecule has 0 aromatic heterocycles. The van der Waals surface area contributed by atoms with E-state index in [4.69, 9.17) is 0 Å². The lowest BCUT2D eigenvalue weighted by Gasteiger charge is -2.17. The zero-order chi connectivity index (χ0) is 13.1. The summed E-state index contributed by atoms with van der Waals surface area (Å²) in [4.78, 5) is 0. The molecule has 0 spiro atoms. The van der Waals surface area contributed by atoms with Gasteiger partial charge in [-0.1, -0.05) is 61.9 Å². The number of aryl methyl sites for hydroxylation is 2. The SMILES string of the molecule is CCC(C)c1ccc(C)cc1-c1ccccc1C. The van der Waals surface area contributed by atoms with Crippen molar-refractivity contribution in [2.24, 2.45) is 0 Å². The van der Waals surface area contributed by atoms with Crippen molar-refractivity contribution in [2.75, 3.05) is 0 Å². The van der Waals surface area contributed by atoms with Gasteiger partial charge in [-0.2, -0.15) is 0 Å². The number of hydrogen-bond acceptors (Lipinski definition) is 0. The normalized spacial score (nSPS) is 12.4. The third-order valence-electron chi connectivity index (χ3n) is 3.79. The van der Waals surface area contributed by atoms with Crippen LogP contribution in [-0.4, -0.2) is 0 Å². The molecule has 0 aliphatic heterocycles. The molecule has 0 N–H and O–H groups in total. The molecule has 94 valence electrons. The van der Waals surface area contributed by atoms with Crippen molar-refractivity contribution in [3.05, 3.63) is 59.2 Å². The Morgan fingerprint density at radius 3 is 2.33 bits per heavy atom. The van der Waals surface area contributed by atoms with Crippen LogP contribution < -0.4 is 0 Å². The summed E-state index contributed by atoms with van der Waals surface area (Å²) in [5.41, 5.74) is 6.93. The molecule has 0 nitrogen and oxygen atoms in total. The van der Waals surface area contributed by atoms with Crippen molar-refractivity contribution in [3.8, 4) is 11.1 Å². The Kier molecular flexibility index (Phi) is 3.86. The molecule has 2 aromatic rings. The average molecular weight is 238 g/mol. The lowest BCUT2D eigenvalue weighted by Crippen LogP contribution is -1.97. The number of benzene rings is 2. The van der Waals surface area contributed by atoms with Gasteiger partial charge in [0.1, 0.15) is 0 Å². The van der Waals surface area contributed by atoms with Gasteiger partial charge in [0.05, 0.1) is 0 Å². The molecule has 2 rings (SSSR count). The lowest BCUT2D eigenvalue weighted by atomic mass is 9.87. The van der Waals surface area contributed by atoms with Gasteiger partial charge in [0.15, 0.2) is 0 Å². The first-order valence-corrected chi connectivity index (χ1v) is 6.80. The summed E-state index contributed by atoms with van der Waals surface area (Å²) >= 11 is 0. The minimum Gasteiger partial charge on any atom is -0.0648 e. The van der Waals surface area contributed by atoms with Gasteiger partial charge in [0.2, 0.25) is 0 Å². The van der Waals surface area contributed by atoms with Crippen LogP contribution in [0.2, 0.25) is 0 Å². The van der Waals surface area contributed by atoms with E-state index in [1.165, 1.54) is 34.2 Å². The van der Waals surface area contributed by atoms with E-state index in [0.717, 1.165) is 0 Å². The van der Waals surface area contributed by atoms with Crippen LogP contribution in [0.25, 0.3) is 11.1 Å². The first kappa shape index (κ1) is 12.9. The van der Waals surface area contributed by atoms with Gasteiger partial charge in [0, 0.05) is 0 Å². The molecule has 0 aliphatic carbocycles. The Morgan fingerprint density at radius 2 is 1.67 bits per heavy atom. The molecule has 0 heterocycles. The summed E-state index contributed by atoms with van der Waals surface area (Å²) in [5, 5.41) is 0. The van der Waals surface area contributed by atoms with Gasteiger partial charge >= 0.3 is 0 Å². The van der Waals surface area contributed by atoms with Crippen LogP contribution in [0.3, 0.4) is 0 Å². The van der Waals surface area contributed by atoms with E-state index >= 15 is 0 Å². The smallest absolute Gasteiger partial charge is 0.0144 e. The lowest BCUT2D eigenvalue weighted by molar-refractivity contribution is 0.735. The van der Waals surface area contributed by atoms with Crippen LogP contribution in [0.1, 0.15) is 42.9 Å². The molecule has 0 amide bonds.